The Bertz CT molecular complexity index is 2120. The number of phosphoric ester groups is 2. The molecule has 0 aromatic carbocycles. The normalized spacial score (nSPS) is 20.7. The number of carbonyl (C=O) groups is 2. The van der Waals surface area contributed by atoms with E-state index in [-0.39, 0.29) is 55.1 Å². The van der Waals surface area contributed by atoms with Gasteiger partial charge in [-0.15, -0.1) is 0 Å². The van der Waals surface area contributed by atoms with Crippen LogP contribution in [0.3, 0.4) is 0 Å². The van der Waals surface area contributed by atoms with Gasteiger partial charge in [0.15, 0.2) is 17.8 Å². The van der Waals surface area contributed by atoms with E-state index in [1.807, 2.05) is 0 Å². The fourth-order valence-corrected chi connectivity index (χ4v) is 8.91. The minimum atomic E-state index is -4.50. The predicted molar refractivity (Wildman–Crippen MR) is 240 cm³/mol. The van der Waals surface area contributed by atoms with Crippen molar-refractivity contribution in [1.29, 1.82) is 0 Å². The van der Waals surface area contributed by atoms with Crippen molar-refractivity contribution in [3.8, 4) is 0 Å². The number of carboxylic acid groups (broad SMARTS) is 1. The van der Waals surface area contributed by atoms with Crippen LogP contribution in [-0.2, 0) is 41.9 Å². The number of hydrogen-bond acceptors (Lipinski definition) is 21. The number of rotatable bonds is 17. The average Bonchev–Trinajstić information content (AvgIpc) is 4.06. The summed E-state index contributed by atoms with van der Waals surface area (Å²) in [7, 11) is -5.55. The standard InChI is InChI=1S/C12H24N2O4S2.C10H14N5O5P.C9H14N3O6P.C4H8O2/c1-12(2,3)20-19-8-7-14(11(17)18-9-13)6-4-5-10(15)16;11-9-8-10(13-4-12-9)15(5-14-8)7-2-1-6(20-7)3-19-21(16,17)18;10-7-3-4-12(9(13)11-7)8-2-1-6(18-8)5-17-19(14,15)16;5-4-2-1-3-6-4/h4-9,13H2,1-3H3,(H,15,16);4-7H,1-3H2,(H2,11,12,13)(H2,16,17,18);3-4,6,8H,1-2,5H2,(H2,10,11,13)(H2,14,15,16);4-5H,1-3H2. The van der Waals surface area contributed by atoms with E-state index in [1.54, 1.807) is 32.5 Å². The lowest BCUT2D eigenvalue weighted by atomic mass is 10.2. The molecule has 0 saturated carbocycles. The molecule has 12 N–H and O–H groups in total. The van der Waals surface area contributed by atoms with E-state index in [0.717, 1.165) is 25.2 Å². The van der Waals surface area contributed by atoms with Crippen LogP contribution in [0.5, 0.6) is 0 Å². The van der Waals surface area contributed by atoms with Crippen LogP contribution in [-0.4, -0.2) is 144 Å². The zero-order valence-electron chi connectivity index (χ0n) is 36.6. The molecule has 374 valence electrons. The number of nitrogen functional groups attached to an aromatic ring is 2. The summed E-state index contributed by atoms with van der Waals surface area (Å²) in [5, 5.41) is 17.1. The Morgan fingerprint density at radius 1 is 0.939 bits per heavy atom. The number of phosphoric acid groups is 2. The molecule has 3 fully saturated rings. The SMILES string of the molecule is CC(C)(C)SSCCN(CCCC(=O)O)C(=O)OCN.Nc1ccn(C2CCC(COP(=O)(O)O)O2)c(=O)n1.Nc1ncnc2c1ncn2C1CCC(COP(=O)(O)O)O1.OC1CCCO1. The number of carboxylic acids is 1. The zero-order valence-corrected chi connectivity index (χ0v) is 40.0. The van der Waals surface area contributed by atoms with Crippen LogP contribution < -0.4 is 22.9 Å². The van der Waals surface area contributed by atoms with Gasteiger partial charge in [-0.05, 0) is 44.6 Å². The number of aliphatic hydroxyl groups excluding tert-OH is 1. The first-order valence-electron chi connectivity index (χ1n) is 20.4. The van der Waals surface area contributed by atoms with Crippen molar-refractivity contribution < 1.29 is 76.5 Å². The maximum Gasteiger partial charge on any atom is 0.469 e. The van der Waals surface area contributed by atoms with Gasteiger partial charge in [0.1, 0.15) is 36.8 Å². The second kappa shape index (κ2) is 27.5. The van der Waals surface area contributed by atoms with Gasteiger partial charge in [-0.2, -0.15) is 4.98 Å². The van der Waals surface area contributed by atoms with E-state index >= 15 is 0 Å². The van der Waals surface area contributed by atoms with Crippen molar-refractivity contribution in [2.45, 2.75) is 108 Å². The van der Waals surface area contributed by atoms with E-state index < -0.39 is 52.0 Å². The first-order valence-corrected chi connectivity index (χ1v) is 25.7. The Labute approximate surface area is 387 Å². The van der Waals surface area contributed by atoms with Gasteiger partial charge in [0.2, 0.25) is 0 Å². The molecule has 5 unspecified atom stereocenters. The van der Waals surface area contributed by atoms with Crippen molar-refractivity contribution in [3.05, 3.63) is 35.4 Å². The molecule has 3 aromatic heterocycles. The molecule has 31 heteroatoms. The lowest BCUT2D eigenvalue weighted by Gasteiger charge is -2.22. The topological polar surface area (TPSA) is 405 Å². The first kappa shape index (κ1) is 56.8. The van der Waals surface area contributed by atoms with Crippen LogP contribution in [0.15, 0.2) is 29.7 Å². The maximum atomic E-state index is 11.7. The van der Waals surface area contributed by atoms with Crippen LogP contribution in [0, 0.1) is 0 Å². The summed E-state index contributed by atoms with van der Waals surface area (Å²) < 4.78 is 53.9. The van der Waals surface area contributed by atoms with Gasteiger partial charge in [-0.25, -0.2) is 33.7 Å². The summed E-state index contributed by atoms with van der Waals surface area (Å²) in [5.74, 6) is 0.308. The van der Waals surface area contributed by atoms with E-state index in [1.165, 1.54) is 28.1 Å². The highest BCUT2D eigenvalue weighted by Gasteiger charge is 2.31. The van der Waals surface area contributed by atoms with Gasteiger partial charge in [0, 0.05) is 49.2 Å². The number of anilines is 2. The second-order valence-corrected chi connectivity index (χ2v) is 21.0. The van der Waals surface area contributed by atoms with Gasteiger partial charge < -0.3 is 65.1 Å². The largest absolute Gasteiger partial charge is 0.481 e. The van der Waals surface area contributed by atoms with Crippen LogP contribution in [0.25, 0.3) is 11.2 Å². The highest BCUT2D eigenvalue weighted by molar-refractivity contribution is 8.77. The van der Waals surface area contributed by atoms with Crippen molar-refractivity contribution in [3.63, 3.8) is 0 Å². The van der Waals surface area contributed by atoms with Crippen LogP contribution in [0.2, 0.25) is 0 Å². The first-order chi connectivity index (χ1) is 30.9. The Hall–Kier alpha value is -3.51. The van der Waals surface area contributed by atoms with Crippen molar-refractivity contribution >= 4 is 72.1 Å². The maximum absolute atomic E-state index is 11.7. The highest BCUT2D eigenvalue weighted by Crippen LogP contribution is 2.39. The number of aliphatic hydroxyl groups is 1. The van der Waals surface area contributed by atoms with Gasteiger partial charge in [-0.3, -0.25) is 28.7 Å². The molecule has 6 heterocycles. The Balaban J connectivity index is 0.000000246. The minimum absolute atomic E-state index is 0.0380. The van der Waals surface area contributed by atoms with Crippen LogP contribution in [0.1, 0.15) is 84.6 Å². The molecule has 66 heavy (non-hydrogen) atoms. The molecule has 0 radical (unpaired) electrons. The number of nitrogens with zero attached hydrogens (tertiary/aromatic N) is 7. The third-order valence-corrected chi connectivity index (χ3v) is 13.1. The summed E-state index contributed by atoms with van der Waals surface area (Å²) in [6, 6.07) is 1.48. The van der Waals surface area contributed by atoms with E-state index in [0.29, 0.717) is 56.4 Å². The predicted octanol–water partition coefficient (Wildman–Crippen LogP) is 2.31. The quantitative estimate of drug-likeness (QED) is 0.0405. The molecule has 5 atom stereocenters. The summed E-state index contributed by atoms with van der Waals surface area (Å²) >= 11 is 0. The van der Waals surface area contributed by atoms with Crippen molar-refractivity contribution in [1.82, 2.24) is 34.0 Å². The number of carbonyl (C=O) groups excluding carboxylic acids is 1. The number of amides is 1. The molecule has 0 spiro atoms. The fraction of sp³-hybridized carbons (Fsp3) is 0.686. The summed E-state index contributed by atoms with van der Waals surface area (Å²) in [6.45, 7) is 7.44. The van der Waals surface area contributed by atoms with E-state index in [9.17, 15) is 23.5 Å². The number of ether oxygens (including phenoxy) is 4. The number of hydrogen-bond donors (Lipinski definition) is 9. The van der Waals surface area contributed by atoms with Gasteiger partial charge in [-0.1, -0.05) is 42.4 Å². The number of aliphatic carboxylic acids is 1. The van der Waals surface area contributed by atoms with Gasteiger partial charge >= 0.3 is 33.4 Å². The molecule has 1 amide bonds. The summed E-state index contributed by atoms with van der Waals surface area (Å²) in [6.07, 6.45) is 6.35. The zero-order chi connectivity index (χ0) is 49.1. The minimum Gasteiger partial charge on any atom is -0.481 e. The second-order valence-electron chi connectivity index (χ2n) is 15.3. The van der Waals surface area contributed by atoms with Gasteiger partial charge in [0.25, 0.3) is 0 Å². The smallest absolute Gasteiger partial charge is 0.469 e. The fourth-order valence-electron chi connectivity index (χ4n) is 5.92. The Kier molecular flexibility index (Phi) is 23.7. The molecule has 0 bridgehead atoms. The number of nitrogens with two attached hydrogens (primary N) is 3. The number of aromatic nitrogens is 6. The third-order valence-electron chi connectivity index (χ3n) is 8.83. The molecule has 0 aliphatic carbocycles. The molecule has 3 aliphatic heterocycles. The lowest BCUT2D eigenvalue weighted by molar-refractivity contribution is -0.137. The number of imidazole rings is 1. The molecule has 27 nitrogen and oxygen atoms in total. The highest BCUT2D eigenvalue weighted by atomic mass is 33.1. The monoisotopic (exact) mass is 1020 g/mol. The van der Waals surface area contributed by atoms with Crippen molar-refractivity contribution in [2.75, 3.05) is 56.9 Å². The summed E-state index contributed by atoms with van der Waals surface area (Å²) in [4.78, 5) is 85.5. The molecule has 6 rings (SSSR count). The lowest BCUT2D eigenvalue weighted by Crippen LogP contribution is -2.35. The molecule has 3 saturated heterocycles. The average molecular weight is 1020 g/mol. The van der Waals surface area contributed by atoms with Crippen molar-refractivity contribution in [2.24, 2.45) is 5.73 Å². The third kappa shape index (κ3) is 22.1. The molecular weight excluding hydrogens is 959 g/mol. The molecule has 3 aliphatic rings. The van der Waals surface area contributed by atoms with Crippen LogP contribution in [0.4, 0.5) is 16.4 Å². The van der Waals surface area contributed by atoms with E-state index in [2.05, 4.69) is 49.8 Å². The Morgan fingerprint density at radius 2 is 1.56 bits per heavy atom. The Morgan fingerprint density at radius 3 is 2.06 bits per heavy atom. The molecule has 3 aromatic rings. The molecular formula is C35H60N10O17P2S2. The van der Waals surface area contributed by atoms with Crippen LogP contribution >= 0.6 is 37.2 Å². The summed E-state index contributed by atoms with van der Waals surface area (Å²) in [5.41, 5.74) is 16.8. The number of fused-ring (bicyclic) bond motifs is 1. The van der Waals surface area contributed by atoms with E-state index in [4.69, 9.17) is 65.9 Å². The van der Waals surface area contributed by atoms with Gasteiger partial charge in [0.05, 0.1) is 31.7 Å².